The van der Waals surface area contributed by atoms with Gasteiger partial charge >= 0.3 is 0 Å². The highest BCUT2D eigenvalue weighted by Crippen LogP contribution is 2.30. The highest BCUT2D eigenvalue weighted by Gasteiger charge is 2.10. The van der Waals surface area contributed by atoms with Gasteiger partial charge in [-0.15, -0.1) is 10.2 Å². The van der Waals surface area contributed by atoms with Crippen molar-refractivity contribution < 1.29 is 21.5 Å². The summed E-state index contributed by atoms with van der Waals surface area (Å²) in [5.41, 5.74) is 1.71. The number of halogens is 2. The molecule has 0 amide bonds. The Morgan fingerprint density at radius 2 is 2.07 bits per heavy atom. The smallest absolute Gasteiger partial charge is 0.249 e. The normalized spacial score (nSPS) is 11.0. The first-order valence-corrected chi connectivity index (χ1v) is 8.89. The predicted octanol–water partition coefficient (Wildman–Crippen LogP) is 0.645. The van der Waals surface area contributed by atoms with E-state index < -0.39 is 0 Å². The number of rotatable bonds is 7. The SMILES string of the molecule is CCN(CCn1cc[n+](C)c1)c1ccc(/N=N/c2nccn2C)c(Cl)c1.[Br-]. The van der Waals surface area contributed by atoms with Gasteiger partial charge in [-0.1, -0.05) is 11.6 Å². The van der Waals surface area contributed by atoms with Crippen molar-refractivity contribution in [1.82, 2.24) is 14.1 Å². The lowest BCUT2D eigenvalue weighted by molar-refractivity contribution is -0.671. The van der Waals surface area contributed by atoms with Gasteiger partial charge in [0.15, 0.2) is 0 Å². The van der Waals surface area contributed by atoms with E-state index in [0.717, 1.165) is 25.3 Å². The van der Waals surface area contributed by atoms with Crippen LogP contribution in [0, 0.1) is 0 Å². The van der Waals surface area contributed by atoms with E-state index in [9.17, 15) is 0 Å². The topological polar surface area (TPSA) is 54.6 Å². The summed E-state index contributed by atoms with van der Waals surface area (Å²) >= 11 is 6.41. The molecule has 0 spiro atoms. The van der Waals surface area contributed by atoms with E-state index in [2.05, 4.69) is 44.1 Å². The molecule has 0 atom stereocenters. The molecule has 3 rings (SSSR count). The second-order valence-electron chi connectivity index (χ2n) is 6.07. The number of hydrogen-bond acceptors (Lipinski definition) is 4. The molecule has 2 heterocycles. The summed E-state index contributed by atoms with van der Waals surface area (Å²) in [5.74, 6) is 0.542. The molecule has 0 aliphatic heterocycles. The summed E-state index contributed by atoms with van der Waals surface area (Å²) in [6, 6.07) is 5.85. The summed E-state index contributed by atoms with van der Waals surface area (Å²) in [4.78, 5) is 6.40. The van der Waals surface area contributed by atoms with Gasteiger partial charge in [-0.05, 0) is 25.1 Å². The van der Waals surface area contributed by atoms with Crippen molar-refractivity contribution >= 4 is 28.9 Å². The molecule has 0 fully saturated rings. The van der Waals surface area contributed by atoms with E-state index in [1.807, 2.05) is 49.3 Å². The molecule has 0 N–H and O–H groups in total. The van der Waals surface area contributed by atoms with Crippen LogP contribution in [-0.4, -0.2) is 27.2 Å². The van der Waals surface area contributed by atoms with E-state index in [1.54, 1.807) is 10.8 Å². The van der Waals surface area contributed by atoms with E-state index in [0.29, 0.717) is 16.7 Å². The first-order valence-electron chi connectivity index (χ1n) is 8.51. The maximum atomic E-state index is 6.41. The van der Waals surface area contributed by atoms with Crippen LogP contribution in [0.4, 0.5) is 17.3 Å². The molecular formula is C18H23BrClN7. The summed E-state index contributed by atoms with van der Waals surface area (Å²) in [6.45, 7) is 4.85. The molecule has 2 aromatic heterocycles. The van der Waals surface area contributed by atoms with Crippen LogP contribution < -0.4 is 26.4 Å². The van der Waals surface area contributed by atoms with Crippen LogP contribution in [0.3, 0.4) is 0 Å². The van der Waals surface area contributed by atoms with Crippen LogP contribution in [-0.2, 0) is 20.6 Å². The molecule has 27 heavy (non-hydrogen) atoms. The quantitative estimate of drug-likeness (QED) is 0.390. The fourth-order valence-corrected chi connectivity index (χ4v) is 2.88. The molecule has 1 aromatic carbocycles. The van der Waals surface area contributed by atoms with Gasteiger partial charge in [-0.2, -0.15) is 0 Å². The maximum Gasteiger partial charge on any atom is 0.249 e. The average Bonchev–Trinajstić information content (AvgIpc) is 3.23. The Kier molecular flexibility index (Phi) is 7.55. The fraction of sp³-hybridized carbons (Fsp3) is 0.333. The summed E-state index contributed by atoms with van der Waals surface area (Å²) < 4.78 is 6.00. The van der Waals surface area contributed by atoms with Gasteiger partial charge in [0.2, 0.25) is 12.3 Å². The average molecular weight is 453 g/mol. The number of aromatic nitrogens is 4. The van der Waals surface area contributed by atoms with Gasteiger partial charge in [0.1, 0.15) is 24.6 Å². The molecule has 0 aliphatic rings. The van der Waals surface area contributed by atoms with Crippen LogP contribution in [0.1, 0.15) is 6.92 Å². The number of nitrogens with zero attached hydrogens (tertiary/aromatic N) is 7. The number of aryl methyl sites for hydroxylation is 2. The van der Waals surface area contributed by atoms with E-state index in [1.165, 1.54) is 0 Å². The number of hydrogen-bond donors (Lipinski definition) is 0. The zero-order valence-electron chi connectivity index (χ0n) is 15.6. The minimum atomic E-state index is 0. The van der Waals surface area contributed by atoms with Crippen molar-refractivity contribution in [3.05, 3.63) is 54.3 Å². The minimum Gasteiger partial charge on any atom is -1.00 e. The number of anilines is 1. The first kappa shape index (κ1) is 21.1. The Labute approximate surface area is 174 Å². The van der Waals surface area contributed by atoms with Crippen molar-refractivity contribution in [2.45, 2.75) is 13.5 Å². The molecule has 9 heteroatoms. The van der Waals surface area contributed by atoms with E-state index >= 15 is 0 Å². The lowest BCUT2D eigenvalue weighted by atomic mass is 10.2. The summed E-state index contributed by atoms with van der Waals surface area (Å²) in [6.07, 6.45) is 9.68. The summed E-state index contributed by atoms with van der Waals surface area (Å²) in [7, 11) is 3.89. The molecule has 0 bridgehead atoms. The molecule has 0 unspecified atom stereocenters. The van der Waals surface area contributed by atoms with Crippen LogP contribution in [0.15, 0.2) is 59.5 Å². The number of benzene rings is 1. The van der Waals surface area contributed by atoms with Crippen LogP contribution >= 0.6 is 11.6 Å². The first-order chi connectivity index (χ1) is 12.6. The number of likely N-dealkylation sites (N-methyl/N-ethyl adjacent to an activating group) is 1. The maximum absolute atomic E-state index is 6.41. The molecule has 7 nitrogen and oxygen atoms in total. The van der Waals surface area contributed by atoms with Crippen LogP contribution in [0.2, 0.25) is 5.02 Å². The largest absolute Gasteiger partial charge is 1.00 e. The van der Waals surface area contributed by atoms with E-state index in [4.69, 9.17) is 11.6 Å². The monoisotopic (exact) mass is 451 g/mol. The number of imidazole rings is 2. The van der Waals surface area contributed by atoms with Crippen molar-refractivity contribution in [2.75, 3.05) is 18.0 Å². The van der Waals surface area contributed by atoms with Crippen LogP contribution in [0.5, 0.6) is 0 Å². The van der Waals surface area contributed by atoms with Gasteiger partial charge in [0.25, 0.3) is 0 Å². The third-order valence-electron chi connectivity index (χ3n) is 4.17. The highest BCUT2D eigenvalue weighted by molar-refractivity contribution is 6.33. The molecule has 0 radical (unpaired) electrons. The lowest BCUT2D eigenvalue weighted by Gasteiger charge is -2.22. The van der Waals surface area contributed by atoms with Crippen molar-refractivity contribution in [1.29, 1.82) is 0 Å². The molecule has 0 saturated heterocycles. The summed E-state index contributed by atoms with van der Waals surface area (Å²) in [5, 5.41) is 8.93. The Hall–Kier alpha value is -2.19. The molecule has 144 valence electrons. The fourth-order valence-electron chi connectivity index (χ4n) is 2.67. The second-order valence-corrected chi connectivity index (χ2v) is 6.48. The molecule has 3 aromatic rings. The zero-order valence-corrected chi connectivity index (χ0v) is 18.0. The standard InChI is InChI=1S/C18H23ClN7.BrH/c1-4-26(12-11-25-10-9-23(2)14-25)15-5-6-17(16(19)13-15)21-22-18-20-7-8-24(18)3;/h5-10,13-14H,4,11-12H2,1-3H3;1H/q+1;/p-1/b22-21+;. The molecule has 0 saturated carbocycles. The van der Waals surface area contributed by atoms with Gasteiger partial charge < -0.3 is 26.4 Å². The number of azo groups is 1. The second kappa shape index (κ2) is 9.66. The third kappa shape index (κ3) is 5.40. The van der Waals surface area contributed by atoms with Crippen molar-refractivity contribution in [2.24, 2.45) is 24.3 Å². The Morgan fingerprint density at radius 3 is 2.67 bits per heavy atom. The highest BCUT2D eigenvalue weighted by atomic mass is 79.9. The molecular weight excluding hydrogens is 430 g/mol. The van der Waals surface area contributed by atoms with E-state index in [-0.39, 0.29) is 17.0 Å². The molecule has 0 aliphatic carbocycles. The Bertz CT molecular complexity index is 903. The Balaban J connectivity index is 0.00000261. The minimum absolute atomic E-state index is 0. The zero-order chi connectivity index (χ0) is 18.5. The Morgan fingerprint density at radius 1 is 1.26 bits per heavy atom. The van der Waals surface area contributed by atoms with Gasteiger partial charge in [0, 0.05) is 31.7 Å². The van der Waals surface area contributed by atoms with Gasteiger partial charge in [-0.3, -0.25) is 0 Å². The van der Waals surface area contributed by atoms with Crippen molar-refractivity contribution in [3.63, 3.8) is 0 Å². The van der Waals surface area contributed by atoms with Crippen LogP contribution in [0.25, 0.3) is 0 Å². The van der Waals surface area contributed by atoms with Gasteiger partial charge in [0.05, 0.1) is 18.6 Å². The predicted molar refractivity (Wildman–Crippen MR) is 102 cm³/mol. The lowest BCUT2D eigenvalue weighted by Crippen LogP contribution is -3.00. The third-order valence-corrected chi connectivity index (χ3v) is 4.48. The van der Waals surface area contributed by atoms with Crippen molar-refractivity contribution in [3.8, 4) is 0 Å². The van der Waals surface area contributed by atoms with Gasteiger partial charge in [-0.25, -0.2) is 14.1 Å².